The molecule has 4 atom stereocenters. The molecule has 2 aliphatic carbocycles. The number of carbonyl (C=O) groups is 1. The number of anilines is 1. The van der Waals surface area contributed by atoms with Gasteiger partial charge in [0.1, 0.15) is 6.54 Å². The summed E-state index contributed by atoms with van der Waals surface area (Å²) in [6.07, 6.45) is -2.05. The first-order valence-corrected chi connectivity index (χ1v) is 9.26. The van der Waals surface area contributed by atoms with Crippen LogP contribution in [0.3, 0.4) is 0 Å². The lowest BCUT2D eigenvalue weighted by atomic mass is 9.79. The largest absolute Gasteiger partial charge is 0.408 e. The maximum atomic E-state index is 12.6. The molecule has 1 saturated heterocycles. The summed E-state index contributed by atoms with van der Waals surface area (Å²) in [4.78, 5) is 14.3. The Kier molecular flexibility index (Phi) is 4.58. The van der Waals surface area contributed by atoms with Crippen molar-refractivity contribution < 1.29 is 28.2 Å². The molecule has 1 aromatic heterocycles. The van der Waals surface area contributed by atoms with Crippen LogP contribution < -0.4 is 5.32 Å². The number of rotatable bonds is 3. The summed E-state index contributed by atoms with van der Waals surface area (Å²) >= 11 is 0. The van der Waals surface area contributed by atoms with Gasteiger partial charge in [0, 0.05) is 25.2 Å². The summed E-state index contributed by atoms with van der Waals surface area (Å²) in [5.41, 5.74) is 0.844. The van der Waals surface area contributed by atoms with Crippen molar-refractivity contribution in [2.75, 3.05) is 18.4 Å². The zero-order chi connectivity index (χ0) is 19.3. The van der Waals surface area contributed by atoms with Gasteiger partial charge < -0.3 is 20.4 Å². The molecular weight excluding hydrogens is 365 g/mol. The summed E-state index contributed by atoms with van der Waals surface area (Å²) in [6.45, 7) is -0.252. The summed E-state index contributed by atoms with van der Waals surface area (Å²) in [5.74, 6) is 0.358. The number of urea groups is 1. The normalized spacial score (nSPS) is 31.1. The van der Waals surface area contributed by atoms with Crippen molar-refractivity contribution in [1.82, 2.24) is 14.7 Å². The van der Waals surface area contributed by atoms with Crippen LogP contribution in [-0.4, -0.2) is 62.4 Å². The van der Waals surface area contributed by atoms with Gasteiger partial charge in [-0.25, -0.2) is 4.79 Å². The Hall–Kier alpha value is -1.81. The Labute approximate surface area is 154 Å². The zero-order valence-electron chi connectivity index (χ0n) is 14.7. The van der Waals surface area contributed by atoms with Crippen LogP contribution in [0, 0.1) is 11.8 Å². The van der Waals surface area contributed by atoms with Gasteiger partial charge in [0.05, 0.1) is 23.6 Å². The minimum absolute atomic E-state index is 0.0984. The van der Waals surface area contributed by atoms with E-state index in [1.165, 1.54) is 6.20 Å². The molecule has 4 rings (SSSR count). The Morgan fingerprint density at radius 3 is 2.30 bits per heavy atom. The summed E-state index contributed by atoms with van der Waals surface area (Å²) in [5, 5.41) is 26.4. The number of hydrogen-bond donors (Lipinski definition) is 3. The summed E-state index contributed by atoms with van der Waals surface area (Å²) in [7, 11) is 0. The lowest BCUT2D eigenvalue weighted by Gasteiger charge is -2.31. The quantitative estimate of drug-likeness (QED) is 0.738. The SMILES string of the molecule is O=C(Nc1cn(CC(F)(F)F)nc1C1CC1)N1CC2CC(O)C(O)CC2C1. The third-order valence-electron chi connectivity index (χ3n) is 5.73. The highest BCUT2D eigenvalue weighted by atomic mass is 19.4. The number of likely N-dealkylation sites (tertiary alicyclic amines) is 1. The van der Waals surface area contributed by atoms with E-state index in [9.17, 15) is 28.2 Å². The Balaban J connectivity index is 1.44. The van der Waals surface area contributed by atoms with Crippen molar-refractivity contribution in [3.63, 3.8) is 0 Å². The van der Waals surface area contributed by atoms with Gasteiger partial charge in [-0.15, -0.1) is 0 Å². The van der Waals surface area contributed by atoms with E-state index in [1.54, 1.807) is 4.90 Å². The monoisotopic (exact) mass is 388 g/mol. The van der Waals surface area contributed by atoms with Crippen molar-refractivity contribution in [2.45, 2.75) is 56.5 Å². The average Bonchev–Trinajstić information content (AvgIpc) is 3.21. The molecule has 3 N–H and O–H groups in total. The number of amides is 2. The number of halogens is 3. The first-order chi connectivity index (χ1) is 12.7. The molecule has 4 unspecified atom stereocenters. The van der Waals surface area contributed by atoms with Crippen LogP contribution in [0.5, 0.6) is 0 Å². The molecule has 27 heavy (non-hydrogen) atoms. The third-order valence-corrected chi connectivity index (χ3v) is 5.73. The molecule has 1 aliphatic heterocycles. The maximum Gasteiger partial charge on any atom is 0.408 e. The lowest BCUT2D eigenvalue weighted by molar-refractivity contribution is -0.142. The first-order valence-electron chi connectivity index (χ1n) is 9.26. The Morgan fingerprint density at radius 2 is 1.78 bits per heavy atom. The van der Waals surface area contributed by atoms with Gasteiger partial charge >= 0.3 is 12.2 Å². The highest BCUT2D eigenvalue weighted by molar-refractivity contribution is 5.90. The zero-order valence-corrected chi connectivity index (χ0v) is 14.7. The number of aliphatic hydroxyl groups excluding tert-OH is 2. The Bertz CT molecular complexity index is 701. The van der Waals surface area contributed by atoms with E-state index in [0.717, 1.165) is 17.5 Å². The van der Waals surface area contributed by atoms with Crippen molar-refractivity contribution in [1.29, 1.82) is 0 Å². The van der Waals surface area contributed by atoms with Gasteiger partial charge in [0.15, 0.2) is 0 Å². The molecule has 1 aromatic rings. The van der Waals surface area contributed by atoms with E-state index in [4.69, 9.17) is 0 Å². The fourth-order valence-electron chi connectivity index (χ4n) is 4.22. The van der Waals surface area contributed by atoms with Gasteiger partial charge in [-0.1, -0.05) is 0 Å². The van der Waals surface area contributed by atoms with E-state index in [2.05, 4.69) is 10.4 Å². The van der Waals surface area contributed by atoms with Crippen LogP contribution in [0.2, 0.25) is 0 Å². The van der Waals surface area contributed by atoms with Crippen LogP contribution >= 0.6 is 0 Å². The molecule has 2 saturated carbocycles. The van der Waals surface area contributed by atoms with Crippen molar-refractivity contribution in [2.24, 2.45) is 11.8 Å². The topological polar surface area (TPSA) is 90.6 Å². The Morgan fingerprint density at radius 1 is 1.19 bits per heavy atom. The molecule has 0 radical (unpaired) electrons. The van der Waals surface area contributed by atoms with Gasteiger partial charge in [-0.05, 0) is 37.5 Å². The molecule has 3 aliphatic rings. The molecule has 10 heteroatoms. The van der Waals surface area contributed by atoms with Crippen molar-refractivity contribution in [3.8, 4) is 0 Å². The summed E-state index contributed by atoms with van der Waals surface area (Å²) in [6, 6.07) is -0.373. The standard InChI is InChI=1S/C17H23F3N4O3/c18-17(19,20)8-24-7-12(15(22-24)9-1-2-9)21-16(27)23-5-10-3-13(25)14(26)4-11(10)6-23/h7,9-11,13-14,25-26H,1-6,8H2,(H,21,27). The number of carbonyl (C=O) groups excluding carboxylic acids is 1. The second-order valence-corrected chi connectivity index (χ2v) is 7.98. The minimum atomic E-state index is -4.37. The van der Waals surface area contributed by atoms with E-state index in [0.29, 0.717) is 37.3 Å². The fourth-order valence-corrected chi connectivity index (χ4v) is 4.22. The third kappa shape index (κ3) is 4.06. The first kappa shape index (κ1) is 18.5. The van der Waals surface area contributed by atoms with Crippen LogP contribution in [0.15, 0.2) is 6.20 Å². The van der Waals surface area contributed by atoms with Crippen LogP contribution in [0.1, 0.15) is 37.3 Å². The second kappa shape index (κ2) is 6.66. The number of aromatic nitrogens is 2. The van der Waals surface area contributed by atoms with E-state index < -0.39 is 24.9 Å². The van der Waals surface area contributed by atoms with Crippen LogP contribution in [-0.2, 0) is 6.54 Å². The minimum Gasteiger partial charge on any atom is -0.390 e. The van der Waals surface area contributed by atoms with Crippen molar-refractivity contribution in [3.05, 3.63) is 11.9 Å². The smallest absolute Gasteiger partial charge is 0.390 e. The number of alkyl halides is 3. The van der Waals surface area contributed by atoms with Crippen LogP contribution in [0.4, 0.5) is 23.7 Å². The predicted molar refractivity (Wildman–Crippen MR) is 89.1 cm³/mol. The van der Waals surface area contributed by atoms with Gasteiger partial charge in [0.2, 0.25) is 0 Å². The molecule has 0 aromatic carbocycles. The van der Waals surface area contributed by atoms with Gasteiger partial charge in [-0.2, -0.15) is 18.3 Å². The number of nitrogens with zero attached hydrogens (tertiary/aromatic N) is 3. The number of fused-ring (bicyclic) bond motifs is 1. The second-order valence-electron chi connectivity index (χ2n) is 7.98. The molecule has 0 bridgehead atoms. The number of hydrogen-bond acceptors (Lipinski definition) is 4. The van der Waals surface area contributed by atoms with E-state index in [1.807, 2.05) is 0 Å². The van der Waals surface area contributed by atoms with Crippen LogP contribution in [0.25, 0.3) is 0 Å². The number of aliphatic hydroxyl groups is 2. The fraction of sp³-hybridized carbons (Fsp3) is 0.765. The molecule has 150 valence electrons. The van der Waals surface area contributed by atoms with Gasteiger partial charge in [-0.3, -0.25) is 4.68 Å². The molecule has 2 amide bonds. The molecular formula is C17H23F3N4O3. The molecule has 2 heterocycles. The highest BCUT2D eigenvalue weighted by Gasteiger charge is 2.43. The average molecular weight is 388 g/mol. The predicted octanol–water partition coefficient (Wildman–Crippen LogP) is 1.92. The molecule has 3 fully saturated rings. The van der Waals surface area contributed by atoms with E-state index >= 15 is 0 Å². The lowest BCUT2D eigenvalue weighted by Crippen LogP contribution is -2.38. The van der Waals surface area contributed by atoms with Crippen molar-refractivity contribution >= 4 is 11.7 Å². The highest BCUT2D eigenvalue weighted by Crippen LogP contribution is 2.43. The summed E-state index contributed by atoms with van der Waals surface area (Å²) < 4.78 is 38.8. The molecule has 7 nitrogen and oxygen atoms in total. The number of nitrogens with one attached hydrogen (secondary N) is 1. The molecule has 0 spiro atoms. The van der Waals surface area contributed by atoms with Gasteiger partial charge in [0.25, 0.3) is 0 Å². The maximum absolute atomic E-state index is 12.6. The van der Waals surface area contributed by atoms with E-state index in [-0.39, 0.29) is 23.8 Å².